The predicted molar refractivity (Wildman–Crippen MR) is 133 cm³/mol. The first-order chi connectivity index (χ1) is 15.2. The Morgan fingerprint density at radius 1 is 0.938 bits per heavy atom. The van der Waals surface area contributed by atoms with Crippen LogP contribution in [0.4, 0.5) is 5.69 Å². The molecule has 1 saturated heterocycles. The van der Waals surface area contributed by atoms with E-state index in [2.05, 4.69) is 60.2 Å². The molecule has 1 fully saturated rings. The molecule has 1 aliphatic heterocycles. The fourth-order valence-corrected chi connectivity index (χ4v) is 4.09. The maximum atomic E-state index is 12.5. The summed E-state index contributed by atoms with van der Waals surface area (Å²) in [5.41, 5.74) is 4.65. The maximum Gasteiger partial charge on any atom is 0.238 e. The number of hydrogen-bond donors (Lipinski definition) is 1. The molecule has 0 aliphatic carbocycles. The molecule has 32 heavy (non-hydrogen) atoms. The minimum Gasteiger partial charge on any atom is -0.494 e. The molecule has 174 valence electrons. The molecule has 1 heterocycles. The van der Waals surface area contributed by atoms with E-state index in [0.717, 1.165) is 68.3 Å². The lowest BCUT2D eigenvalue weighted by Gasteiger charge is -2.34. The molecule has 1 N–H and O–H groups in total. The second-order valence-electron chi connectivity index (χ2n) is 9.91. The fourth-order valence-electron chi connectivity index (χ4n) is 4.09. The average Bonchev–Trinajstić information content (AvgIpc) is 2.75. The molecule has 5 nitrogen and oxygen atoms in total. The lowest BCUT2D eigenvalue weighted by Crippen LogP contribution is -2.48. The molecule has 0 spiro atoms. The summed E-state index contributed by atoms with van der Waals surface area (Å²) in [5, 5.41) is 3.10. The van der Waals surface area contributed by atoms with Crippen molar-refractivity contribution in [3.8, 4) is 5.75 Å². The van der Waals surface area contributed by atoms with Crippen molar-refractivity contribution < 1.29 is 9.53 Å². The number of anilines is 1. The number of carbonyl (C=O) groups is 1. The number of nitrogens with zero attached hydrogens (tertiary/aromatic N) is 2. The maximum absolute atomic E-state index is 12.5. The van der Waals surface area contributed by atoms with Crippen LogP contribution >= 0.6 is 0 Å². The Bertz CT molecular complexity index is 859. The third-order valence-corrected chi connectivity index (χ3v) is 6.19. The van der Waals surface area contributed by atoms with Crippen molar-refractivity contribution in [2.45, 2.75) is 46.5 Å². The van der Waals surface area contributed by atoms with Gasteiger partial charge in [-0.25, -0.2) is 0 Å². The summed E-state index contributed by atoms with van der Waals surface area (Å²) >= 11 is 0. The van der Waals surface area contributed by atoms with E-state index in [1.54, 1.807) is 0 Å². The summed E-state index contributed by atoms with van der Waals surface area (Å²) < 4.78 is 5.92. The van der Waals surface area contributed by atoms with Gasteiger partial charge >= 0.3 is 0 Å². The first kappa shape index (κ1) is 24.3. The number of nitrogens with one attached hydrogen (secondary N) is 1. The SMILES string of the molecule is Cc1cccc(C)c1NC(=O)CN1CCN(CCCOc2ccc(C(C)(C)C)cc2)CC1. The lowest BCUT2D eigenvalue weighted by molar-refractivity contribution is -0.117. The number of amides is 1. The Morgan fingerprint density at radius 3 is 2.12 bits per heavy atom. The van der Waals surface area contributed by atoms with Gasteiger partial charge in [0.1, 0.15) is 5.75 Å². The molecular weight excluding hydrogens is 398 g/mol. The van der Waals surface area contributed by atoms with E-state index in [4.69, 9.17) is 4.74 Å². The van der Waals surface area contributed by atoms with Gasteiger partial charge in [0.05, 0.1) is 13.2 Å². The van der Waals surface area contributed by atoms with E-state index in [1.807, 2.05) is 32.0 Å². The Hall–Kier alpha value is -2.37. The number of carbonyl (C=O) groups excluding carboxylic acids is 1. The highest BCUT2D eigenvalue weighted by atomic mass is 16.5. The van der Waals surface area contributed by atoms with Crippen molar-refractivity contribution in [2.75, 3.05) is 51.2 Å². The highest BCUT2D eigenvalue weighted by Crippen LogP contribution is 2.24. The van der Waals surface area contributed by atoms with Crippen LogP contribution in [0.2, 0.25) is 0 Å². The van der Waals surface area contributed by atoms with Crippen LogP contribution in [0.25, 0.3) is 0 Å². The summed E-state index contributed by atoms with van der Waals surface area (Å²) in [5.74, 6) is 1.01. The highest BCUT2D eigenvalue weighted by Gasteiger charge is 2.19. The van der Waals surface area contributed by atoms with Crippen molar-refractivity contribution in [1.29, 1.82) is 0 Å². The van der Waals surface area contributed by atoms with Crippen LogP contribution in [0.3, 0.4) is 0 Å². The van der Waals surface area contributed by atoms with E-state index in [1.165, 1.54) is 5.56 Å². The molecule has 2 aromatic carbocycles. The smallest absolute Gasteiger partial charge is 0.238 e. The summed E-state index contributed by atoms with van der Waals surface area (Å²) in [4.78, 5) is 17.2. The monoisotopic (exact) mass is 437 g/mol. The van der Waals surface area contributed by atoms with Crippen LogP contribution in [-0.4, -0.2) is 61.6 Å². The minimum atomic E-state index is 0.0710. The molecule has 0 unspecified atom stereocenters. The van der Waals surface area contributed by atoms with Crippen molar-refractivity contribution >= 4 is 11.6 Å². The summed E-state index contributed by atoms with van der Waals surface area (Å²) in [6.07, 6.45) is 1.01. The summed E-state index contributed by atoms with van der Waals surface area (Å²) in [7, 11) is 0. The second-order valence-corrected chi connectivity index (χ2v) is 9.91. The predicted octanol–water partition coefficient (Wildman–Crippen LogP) is 4.63. The molecule has 0 bridgehead atoms. The molecule has 0 radical (unpaired) electrons. The van der Waals surface area contributed by atoms with Gasteiger partial charge in [-0.2, -0.15) is 0 Å². The Labute approximate surface area is 193 Å². The molecule has 2 aromatic rings. The highest BCUT2D eigenvalue weighted by molar-refractivity contribution is 5.93. The van der Waals surface area contributed by atoms with Gasteiger partial charge in [0.2, 0.25) is 5.91 Å². The zero-order valence-electron chi connectivity index (χ0n) is 20.4. The number of para-hydroxylation sites is 1. The minimum absolute atomic E-state index is 0.0710. The molecule has 3 rings (SSSR count). The number of aryl methyl sites for hydroxylation is 2. The molecule has 1 amide bonds. The van der Waals surface area contributed by atoms with Crippen LogP contribution < -0.4 is 10.1 Å². The molecule has 0 atom stereocenters. The number of piperazine rings is 1. The van der Waals surface area contributed by atoms with Crippen LogP contribution in [0.5, 0.6) is 5.75 Å². The fraction of sp³-hybridized carbons (Fsp3) is 0.519. The number of hydrogen-bond acceptors (Lipinski definition) is 4. The van der Waals surface area contributed by atoms with Crippen molar-refractivity contribution in [1.82, 2.24) is 9.80 Å². The third kappa shape index (κ3) is 7.07. The summed E-state index contributed by atoms with van der Waals surface area (Å²) in [6, 6.07) is 14.5. The van der Waals surface area contributed by atoms with Gasteiger partial charge in [-0.3, -0.25) is 9.69 Å². The van der Waals surface area contributed by atoms with Crippen LogP contribution in [-0.2, 0) is 10.2 Å². The third-order valence-electron chi connectivity index (χ3n) is 6.19. The van der Waals surface area contributed by atoms with Gasteiger partial charge in [-0.05, 0) is 54.5 Å². The zero-order chi connectivity index (χ0) is 23.1. The van der Waals surface area contributed by atoms with E-state index in [9.17, 15) is 4.79 Å². The Balaban J connectivity index is 1.32. The largest absolute Gasteiger partial charge is 0.494 e. The number of rotatable bonds is 8. The second kappa shape index (κ2) is 11.0. The molecule has 0 saturated carbocycles. The number of benzene rings is 2. The van der Waals surface area contributed by atoms with Gasteiger partial charge in [0.25, 0.3) is 0 Å². The van der Waals surface area contributed by atoms with E-state index < -0.39 is 0 Å². The quantitative estimate of drug-likeness (QED) is 0.612. The molecule has 5 heteroatoms. The van der Waals surface area contributed by atoms with Crippen molar-refractivity contribution in [3.05, 3.63) is 59.2 Å². The van der Waals surface area contributed by atoms with Gasteiger partial charge in [-0.1, -0.05) is 51.1 Å². The van der Waals surface area contributed by atoms with Crippen LogP contribution in [0, 0.1) is 13.8 Å². The van der Waals surface area contributed by atoms with Crippen LogP contribution in [0.15, 0.2) is 42.5 Å². The van der Waals surface area contributed by atoms with Gasteiger partial charge in [0.15, 0.2) is 0 Å². The van der Waals surface area contributed by atoms with Gasteiger partial charge in [-0.15, -0.1) is 0 Å². The molecular formula is C27H39N3O2. The molecule has 0 aromatic heterocycles. The topological polar surface area (TPSA) is 44.8 Å². The Morgan fingerprint density at radius 2 is 1.53 bits per heavy atom. The van der Waals surface area contributed by atoms with Crippen molar-refractivity contribution in [3.63, 3.8) is 0 Å². The summed E-state index contributed by atoms with van der Waals surface area (Å²) in [6.45, 7) is 16.8. The van der Waals surface area contributed by atoms with E-state index in [0.29, 0.717) is 6.54 Å². The van der Waals surface area contributed by atoms with Crippen LogP contribution in [0.1, 0.15) is 43.9 Å². The lowest BCUT2D eigenvalue weighted by atomic mass is 9.87. The average molecular weight is 438 g/mol. The van der Waals surface area contributed by atoms with Gasteiger partial charge in [0, 0.05) is 38.4 Å². The van der Waals surface area contributed by atoms with Crippen molar-refractivity contribution in [2.24, 2.45) is 0 Å². The Kier molecular flexibility index (Phi) is 8.32. The van der Waals surface area contributed by atoms with E-state index >= 15 is 0 Å². The zero-order valence-corrected chi connectivity index (χ0v) is 20.4. The standard InChI is InChI=1S/C27H39N3O2/c1-21-8-6-9-22(2)26(21)28-25(31)20-30-17-15-29(16-18-30)14-7-19-32-24-12-10-23(11-13-24)27(3,4)5/h6,8-13H,7,14-20H2,1-5H3,(H,28,31). The van der Waals surface area contributed by atoms with Gasteiger partial charge < -0.3 is 15.0 Å². The molecule has 1 aliphatic rings. The normalized spacial score (nSPS) is 15.5. The first-order valence-corrected chi connectivity index (χ1v) is 11.8. The number of ether oxygens (including phenoxy) is 1. The first-order valence-electron chi connectivity index (χ1n) is 11.8. The van der Waals surface area contributed by atoms with E-state index in [-0.39, 0.29) is 11.3 Å².